The third kappa shape index (κ3) is 2.27. The largest absolute Gasteiger partial charge is 0.550 e. The predicted molar refractivity (Wildman–Crippen MR) is 56.5 cm³/mol. The standard InChI is InChI=1S/C11H11NO2S/c13-11(14)7-10(9-3-6-15-8-9)12-4-1-2-5-12/h1-6,8,10H,7H2,(H,13,14)/p-1/t10-/m1/s1. The van der Waals surface area contributed by atoms with Gasteiger partial charge in [0, 0.05) is 24.8 Å². The zero-order chi connectivity index (χ0) is 10.7. The molecule has 0 unspecified atom stereocenters. The van der Waals surface area contributed by atoms with E-state index in [9.17, 15) is 9.90 Å². The van der Waals surface area contributed by atoms with Crippen LogP contribution in [0.2, 0.25) is 0 Å². The molecule has 0 fully saturated rings. The van der Waals surface area contributed by atoms with Gasteiger partial charge in [-0.25, -0.2) is 0 Å². The molecule has 0 radical (unpaired) electrons. The van der Waals surface area contributed by atoms with Crippen LogP contribution in [0.15, 0.2) is 41.4 Å². The number of carbonyl (C=O) groups excluding carboxylic acids is 1. The van der Waals surface area contributed by atoms with Crippen molar-refractivity contribution in [1.82, 2.24) is 4.57 Å². The predicted octanol–water partition coefficient (Wildman–Crippen LogP) is 1.28. The molecule has 0 aromatic carbocycles. The fraction of sp³-hybridized carbons (Fsp3) is 0.182. The van der Waals surface area contributed by atoms with E-state index in [-0.39, 0.29) is 12.5 Å². The Labute approximate surface area is 91.6 Å². The van der Waals surface area contributed by atoms with Gasteiger partial charge in [-0.2, -0.15) is 11.3 Å². The number of rotatable bonds is 4. The Morgan fingerprint density at radius 3 is 2.73 bits per heavy atom. The van der Waals surface area contributed by atoms with Crippen molar-refractivity contribution in [3.05, 3.63) is 46.9 Å². The van der Waals surface area contributed by atoms with Crippen molar-refractivity contribution in [2.45, 2.75) is 12.5 Å². The minimum atomic E-state index is -1.03. The Bertz CT molecular complexity index is 385. The summed E-state index contributed by atoms with van der Waals surface area (Å²) in [5, 5.41) is 14.6. The molecular weight excluding hydrogens is 210 g/mol. The monoisotopic (exact) mass is 220 g/mol. The van der Waals surface area contributed by atoms with E-state index in [2.05, 4.69) is 0 Å². The fourth-order valence-electron chi connectivity index (χ4n) is 1.57. The zero-order valence-electron chi connectivity index (χ0n) is 8.00. The highest BCUT2D eigenvalue weighted by molar-refractivity contribution is 7.07. The van der Waals surface area contributed by atoms with Crippen molar-refractivity contribution in [1.29, 1.82) is 0 Å². The number of carbonyl (C=O) groups is 1. The molecule has 0 N–H and O–H groups in total. The highest BCUT2D eigenvalue weighted by Crippen LogP contribution is 2.23. The lowest BCUT2D eigenvalue weighted by Gasteiger charge is -2.18. The van der Waals surface area contributed by atoms with E-state index in [0.717, 1.165) is 5.56 Å². The molecule has 15 heavy (non-hydrogen) atoms. The topological polar surface area (TPSA) is 45.1 Å². The van der Waals surface area contributed by atoms with E-state index in [1.807, 2.05) is 45.9 Å². The number of aromatic nitrogens is 1. The highest BCUT2D eigenvalue weighted by Gasteiger charge is 2.13. The minimum absolute atomic E-state index is 0.00537. The van der Waals surface area contributed by atoms with Crippen LogP contribution in [0.25, 0.3) is 0 Å². The summed E-state index contributed by atoms with van der Waals surface area (Å²) in [6, 6.07) is 5.55. The molecule has 0 aliphatic heterocycles. The number of carboxylic acids is 1. The van der Waals surface area contributed by atoms with Gasteiger partial charge in [-0.15, -0.1) is 0 Å². The molecule has 3 nitrogen and oxygen atoms in total. The molecule has 0 saturated heterocycles. The van der Waals surface area contributed by atoms with Crippen molar-refractivity contribution in [3.63, 3.8) is 0 Å². The molecule has 0 bridgehead atoms. The number of thiophene rings is 1. The molecule has 2 heterocycles. The average molecular weight is 220 g/mol. The molecule has 78 valence electrons. The molecular formula is C11H10NO2S-. The van der Waals surface area contributed by atoms with Crippen LogP contribution in [-0.2, 0) is 4.79 Å². The van der Waals surface area contributed by atoms with Gasteiger partial charge < -0.3 is 14.5 Å². The van der Waals surface area contributed by atoms with E-state index in [1.54, 1.807) is 11.3 Å². The van der Waals surface area contributed by atoms with Crippen molar-refractivity contribution in [2.75, 3.05) is 0 Å². The molecule has 0 spiro atoms. The molecule has 1 atom stereocenters. The summed E-state index contributed by atoms with van der Waals surface area (Å²) >= 11 is 1.57. The molecule has 0 aliphatic rings. The third-order valence-electron chi connectivity index (χ3n) is 2.28. The highest BCUT2D eigenvalue weighted by atomic mass is 32.1. The second kappa shape index (κ2) is 4.31. The van der Waals surface area contributed by atoms with Gasteiger partial charge in [0.15, 0.2) is 0 Å². The average Bonchev–Trinajstić information content (AvgIpc) is 2.87. The quantitative estimate of drug-likeness (QED) is 0.779. The Morgan fingerprint density at radius 2 is 2.20 bits per heavy atom. The lowest BCUT2D eigenvalue weighted by atomic mass is 10.1. The van der Waals surface area contributed by atoms with Crippen molar-refractivity contribution >= 4 is 17.3 Å². The Hall–Kier alpha value is -1.55. The number of hydrogen-bond donors (Lipinski definition) is 0. The molecule has 0 amide bonds. The summed E-state index contributed by atoms with van der Waals surface area (Å²) < 4.78 is 1.89. The Morgan fingerprint density at radius 1 is 1.47 bits per heavy atom. The summed E-state index contributed by atoms with van der Waals surface area (Å²) in [6.45, 7) is 0. The van der Waals surface area contributed by atoms with E-state index < -0.39 is 5.97 Å². The van der Waals surface area contributed by atoms with Crippen molar-refractivity contribution < 1.29 is 9.90 Å². The first-order valence-corrected chi connectivity index (χ1v) is 5.56. The van der Waals surface area contributed by atoms with Crippen LogP contribution in [0.5, 0.6) is 0 Å². The van der Waals surface area contributed by atoms with Crippen molar-refractivity contribution in [2.24, 2.45) is 0 Å². The molecule has 2 aromatic rings. The van der Waals surface area contributed by atoms with Gasteiger partial charge in [0.1, 0.15) is 0 Å². The molecule has 2 rings (SSSR count). The van der Waals surface area contributed by atoms with Gasteiger partial charge in [0.25, 0.3) is 0 Å². The van der Waals surface area contributed by atoms with Crippen LogP contribution >= 0.6 is 11.3 Å². The summed E-state index contributed by atoms with van der Waals surface area (Å²) in [6.07, 6.45) is 3.74. The van der Waals surface area contributed by atoms with Gasteiger partial charge in [-0.1, -0.05) is 0 Å². The molecule has 4 heteroatoms. The van der Waals surface area contributed by atoms with Crippen LogP contribution in [0.1, 0.15) is 18.0 Å². The second-order valence-electron chi connectivity index (χ2n) is 3.28. The molecule has 0 aliphatic carbocycles. The number of carboxylic acid groups (broad SMARTS) is 1. The van der Waals surface area contributed by atoms with Crippen LogP contribution in [-0.4, -0.2) is 10.5 Å². The fourth-order valence-corrected chi connectivity index (χ4v) is 2.28. The van der Waals surface area contributed by atoms with Gasteiger partial charge in [-0.3, -0.25) is 0 Å². The van der Waals surface area contributed by atoms with Gasteiger partial charge >= 0.3 is 0 Å². The maximum Gasteiger partial charge on any atom is 0.0640 e. The van der Waals surface area contributed by atoms with Crippen LogP contribution in [0.4, 0.5) is 0 Å². The Kier molecular flexibility index (Phi) is 2.87. The van der Waals surface area contributed by atoms with Crippen molar-refractivity contribution in [3.8, 4) is 0 Å². The second-order valence-corrected chi connectivity index (χ2v) is 4.06. The maximum absolute atomic E-state index is 10.7. The number of nitrogens with zero attached hydrogens (tertiary/aromatic N) is 1. The lowest BCUT2D eigenvalue weighted by molar-refractivity contribution is -0.306. The normalized spacial score (nSPS) is 12.5. The Balaban J connectivity index is 2.29. The summed E-state index contributed by atoms with van der Waals surface area (Å²) in [5.41, 5.74) is 1.01. The molecule has 2 aromatic heterocycles. The lowest BCUT2D eigenvalue weighted by Crippen LogP contribution is -2.26. The van der Waals surface area contributed by atoms with E-state index >= 15 is 0 Å². The minimum Gasteiger partial charge on any atom is -0.550 e. The first-order valence-electron chi connectivity index (χ1n) is 4.62. The third-order valence-corrected chi connectivity index (χ3v) is 2.98. The summed E-state index contributed by atoms with van der Waals surface area (Å²) in [7, 11) is 0. The first-order chi connectivity index (χ1) is 7.27. The van der Waals surface area contributed by atoms with Crippen LogP contribution in [0.3, 0.4) is 0 Å². The van der Waals surface area contributed by atoms with E-state index in [4.69, 9.17) is 0 Å². The van der Waals surface area contributed by atoms with Crippen LogP contribution in [0, 0.1) is 0 Å². The number of aliphatic carboxylic acids is 1. The van der Waals surface area contributed by atoms with Gasteiger partial charge in [0.2, 0.25) is 0 Å². The first kappa shape index (κ1) is 9.98. The smallest absolute Gasteiger partial charge is 0.0640 e. The zero-order valence-corrected chi connectivity index (χ0v) is 8.81. The molecule has 0 saturated carbocycles. The van der Waals surface area contributed by atoms with Crippen LogP contribution < -0.4 is 5.11 Å². The van der Waals surface area contributed by atoms with E-state index in [0.29, 0.717) is 0 Å². The van der Waals surface area contributed by atoms with E-state index in [1.165, 1.54) is 0 Å². The number of hydrogen-bond acceptors (Lipinski definition) is 3. The summed E-state index contributed by atoms with van der Waals surface area (Å²) in [4.78, 5) is 10.7. The maximum atomic E-state index is 10.7. The SMILES string of the molecule is O=C([O-])C[C@H](c1ccsc1)n1cccc1. The van der Waals surface area contributed by atoms with Gasteiger partial charge in [0.05, 0.1) is 6.04 Å². The summed E-state index contributed by atoms with van der Waals surface area (Å²) in [5.74, 6) is -1.03. The van der Waals surface area contributed by atoms with Gasteiger partial charge in [-0.05, 0) is 34.5 Å².